The lowest BCUT2D eigenvalue weighted by molar-refractivity contribution is -0.129. The first-order valence-corrected chi connectivity index (χ1v) is 6.90. The molecular formula is C15H18F2N2O2. The Morgan fingerprint density at radius 1 is 1.33 bits per heavy atom. The largest absolute Gasteiger partial charge is 0.356 e. The Kier molecular flexibility index (Phi) is 4.25. The molecule has 1 aliphatic rings. The van der Waals surface area contributed by atoms with Crippen molar-refractivity contribution < 1.29 is 18.4 Å². The maximum Gasteiger partial charge on any atom is 0.259 e. The van der Waals surface area contributed by atoms with Crippen LogP contribution in [0.1, 0.15) is 30.6 Å². The smallest absolute Gasteiger partial charge is 0.259 e. The van der Waals surface area contributed by atoms with Gasteiger partial charge in [0.25, 0.3) is 5.91 Å². The monoisotopic (exact) mass is 296 g/mol. The number of rotatable bonds is 3. The van der Waals surface area contributed by atoms with E-state index in [4.69, 9.17) is 0 Å². The molecule has 1 atom stereocenters. The molecule has 0 aromatic heterocycles. The fraction of sp³-hybridized carbons (Fsp3) is 0.467. The Morgan fingerprint density at radius 3 is 2.52 bits per heavy atom. The van der Waals surface area contributed by atoms with Gasteiger partial charge in [0.05, 0.1) is 5.41 Å². The van der Waals surface area contributed by atoms with Crippen LogP contribution in [0.25, 0.3) is 0 Å². The highest BCUT2D eigenvalue weighted by molar-refractivity contribution is 5.96. The van der Waals surface area contributed by atoms with Gasteiger partial charge < -0.3 is 10.2 Å². The minimum atomic E-state index is -0.883. The molecule has 2 amide bonds. The summed E-state index contributed by atoms with van der Waals surface area (Å²) in [6, 6.07) is 3.31. The van der Waals surface area contributed by atoms with Crippen LogP contribution in [-0.2, 0) is 4.79 Å². The number of likely N-dealkylation sites (tertiary alicyclic amines) is 1. The third-order valence-electron chi connectivity index (χ3n) is 3.82. The molecule has 0 saturated carbocycles. The Hall–Kier alpha value is -1.98. The van der Waals surface area contributed by atoms with Crippen molar-refractivity contribution in [1.82, 2.24) is 10.2 Å². The number of hydrogen-bond donors (Lipinski definition) is 1. The van der Waals surface area contributed by atoms with E-state index in [0.29, 0.717) is 19.5 Å². The standard InChI is InChI=1S/C15H18F2N2O2/c1-3-18-14(21)15(2)7-8-19(9-15)13(20)12-10(16)5-4-6-11(12)17/h4-6H,3,7-9H2,1-2H3,(H,18,21). The molecule has 1 aromatic rings. The molecule has 1 aliphatic heterocycles. The first-order chi connectivity index (χ1) is 9.89. The quantitative estimate of drug-likeness (QED) is 0.927. The van der Waals surface area contributed by atoms with Crippen molar-refractivity contribution in [3.8, 4) is 0 Å². The lowest BCUT2D eigenvalue weighted by Crippen LogP contribution is -2.42. The Labute approximate surface area is 122 Å². The second kappa shape index (κ2) is 5.79. The molecule has 114 valence electrons. The van der Waals surface area contributed by atoms with Gasteiger partial charge in [-0.05, 0) is 32.4 Å². The Morgan fingerprint density at radius 2 is 1.95 bits per heavy atom. The molecule has 1 heterocycles. The van der Waals surface area contributed by atoms with Crippen molar-refractivity contribution in [3.05, 3.63) is 35.4 Å². The minimum absolute atomic E-state index is 0.144. The van der Waals surface area contributed by atoms with E-state index in [1.165, 1.54) is 11.0 Å². The molecule has 1 fully saturated rings. The lowest BCUT2D eigenvalue weighted by Gasteiger charge is -2.23. The van der Waals surface area contributed by atoms with Crippen molar-refractivity contribution in [2.45, 2.75) is 20.3 Å². The molecule has 1 N–H and O–H groups in total. The molecule has 1 unspecified atom stereocenters. The van der Waals surface area contributed by atoms with Gasteiger partial charge in [-0.15, -0.1) is 0 Å². The first-order valence-electron chi connectivity index (χ1n) is 6.90. The topological polar surface area (TPSA) is 49.4 Å². The summed E-state index contributed by atoms with van der Waals surface area (Å²) in [5.41, 5.74) is -1.27. The summed E-state index contributed by atoms with van der Waals surface area (Å²) in [5.74, 6) is -2.62. The first kappa shape index (κ1) is 15.4. The average molecular weight is 296 g/mol. The fourth-order valence-electron chi connectivity index (χ4n) is 2.55. The molecule has 0 spiro atoms. The van der Waals surface area contributed by atoms with Gasteiger partial charge in [0, 0.05) is 19.6 Å². The minimum Gasteiger partial charge on any atom is -0.356 e. The van der Waals surface area contributed by atoms with Gasteiger partial charge in [0.15, 0.2) is 0 Å². The number of amides is 2. The molecule has 0 bridgehead atoms. The van der Waals surface area contributed by atoms with Crippen LogP contribution in [0.4, 0.5) is 8.78 Å². The highest BCUT2D eigenvalue weighted by Gasteiger charge is 2.42. The van der Waals surface area contributed by atoms with Gasteiger partial charge in [-0.2, -0.15) is 0 Å². The second-order valence-corrected chi connectivity index (χ2v) is 5.49. The summed E-state index contributed by atoms with van der Waals surface area (Å²) in [4.78, 5) is 25.6. The van der Waals surface area contributed by atoms with Crippen LogP contribution in [0.5, 0.6) is 0 Å². The fourth-order valence-corrected chi connectivity index (χ4v) is 2.55. The van der Waals surface area contributed by atoms with E-state index < -0.39 is 28.5 Å². The normalized spacial score (nSPS) is 21.4. The molecule has 21 heavy (non-hydrogen) atoms. The van der Waals surface area contributed by atoms with Crippen LogP contribution in [0.15, 0.2) is 18.2 Å². The molecule has 1 saturated heterocycles. The number of nitrogens with one attached hydrogen (secondary N) is 1. The zero-order chi connectivity index (χ0) is 15.6. The van der Waals surface area contributed by atoms with E-state index in [2.05, 4.69) is 5.32 Å². The van der Waals surface area contributed by atoms with Crippen molar-refractivity contribution in [3.63, 3.8) is 0 Å². The van der Waals surface area contributed by atoms with Crippen LogP contribution in [0.3, 0.4) is 0 Å². The summed E-state index contributed by atoms with van der Waals surface area (Å²) in [6.07, 6.45) is 0.473. The zero-order valence-electron chi connectivity index (χ0n) is 12.1. The van der Waals surface area contributed by atoms with E-state index in [9.17, 15) is 18.4 Å². The van der Waals surface area contributed by atoms with E-state index in [1.807, 2.05) is 6.92 Å². The maximum absolute atomic E-state index is 13.7. The van der Waals surface area contributed by atoms with E-state index >= 15 is 0 Å². The highest BCUT2D eigenvalue weighted by Crippen LogP contribution is 2.31. The van der Waals surface area contributed by atoms with Crippen molar-refractivity contribution in [2.75, 3.05) is 19.6 Å². The molecular weight excluding hydrogens is 278 g/mol. The summed E-state index contributed by atoms with van der Waals surface area (Å²) >= 11 is 0. The van der Waals surface area contributed by atoms with Gasteiger partial charge in [0.2, 0.25) is 5.91 Å². The lowest BCUT2D eigenvalue weighted by atomic mass is 9.89. The molecule has 1 aromatic carbocycles. The molecule has 0 aliphatic carbocycles. The van der Waals surface area contributed by atoms with Gasteiger partial charge in [-0.3, -0.25) is 9.59 Å². The summed E-state index contributed by atoms with van der Waals surface area (Å²) in [5, 5.41) is 2.72. The van der Waals surface area contributed by atoms with E-state index in [1.54, 1.807) is 6.92 Å². The molecule has 2 rings (SSSR count). The van der Waals surface area contributed by atoms with E-state index in [-0.39, 0.29) is 12.5 Å². The van der Waals surface area contributed by atoms with Crippen LogP contribution < -0.4 is 5.32 Å². The van der Waals surface area contributed by atoms with Gasteiger partial charge >= 0.3 is 0 Å². The second-order valence-electron chi connectivity index (χ2n) is 5.49. The third-order valence-corrected chi connectivity index (χ3v) is 3.82. The number of carbonyl (C=O) groups is 2. The highest BCUT2D eigenvalue weighted by atomic mass is 19.1. The summed E-state index contributed by atoms with van der Waals surface area (Å²) < 4.78 is 27.3. The van der Waals surface area contributed by atoms with Gasteiger partial charge in [-0.25, -0.2) is 8.78 Å². The number of halogens is 2. The number of nitrogens with zero attached hydrogens (tertiary/aromatic N) is 1. The summed E-state index contributed by atoms with van der Waals surface area (Å²) in [7, 11) is 0. The van der Waals surface area contributed by atoms with Crippen LogP contribution >= 0.6 is 0 Å². The predicted molar refractivity (Wildman–Crippen MR) is 73.7 cm³/mol. The number of benzene rings is 1. The van der Waals surface area contributed by atoms with Crippen LogP contribution in [0, 0.1) is 17.0 Å². The zero-order valence-corrected chi connectivity index (χ0v) is 12.1. The summed E-state index contributed by atoms with van der Waals surface area (Å²) in [6.45, 7) is 4.53. The van der Waals surface area contributed by atoms with Crippen molar-refractivity contribution in [2.24, 2.45) is 5.41 Å². The Balaban J connectivity index is 2.18. The van der Waals surface area contributed by atoms with Gasteiger partial charge in [-0.1, -0.05) is 6.07 Å². The van der Waals surface area contributed by atoms with Crippen LogP contribution in [-0.4, -0.2) is 36.3 Å². The molecule has 4 nitrogen and oxygen atoms in total. The van der Waals surface area contributed by atoms with Crippen molar-refractivity contribution in [1.29, 1.82) is 0 Å². The number of carbonyl (C=O) groups excluding carboxylic acids is 2. The number of hydrogen-bond acceptors (Lipinski definition) is 2. The van der Waals surface area contributed by atoms with Gasteiger partial charge in [0.1, 0.15) is 17.2 Å². The Bertz CT molecular complexity index is 557. The third kappa shape index (κ3) is 2.89. The van der Waals surface area contributed by atoms with E-state index in [0.717, 1.165) is 12.1 Å². The van der Waals surface area contributed by atoms with Crippen molar-refractivity contribution >= 4 is 11.8 Å². The molecule has 0 radical (unpaired) electrons. The average Bonchev–Trinajstić information content (AvgIpc) is 2.83. The van der Waals surface area contributed by atoms with Crippen LogP contribution in [0.2, 0.25) is 0 Å². The predicted octanol–water partition coefficient (Wildman–Crippen LogP) is 1.95. The maximum atomic E-state index is 13.7. The molecule has 6 heteroatoms. The SMILES string of the molecule is CCNC(=O)C1(C)CCN(C(=O)c2c(F)cccc2F)C1.